The number of hydrogen-bond donors (Lipinski definition) is 1. The number of aryl methyl sites for hydroxylation is 2. The van der Waals surface area contributed by atoms with Crippen LogP contribution in [0.1, 0.15) is 43.9 Å². The van der Waals surface area contributed by atoms with Crippen LogP contribution in [0.2, 0.25) is 0 Å². The standard InChI is InChI=1S/C13H19N/c1-4-10-7-8-12(13(14)6-3)11(5-2)9-10/h7-9,14H,4-6H2,1-3H3. The van der Waals surface area contributed by atoms with Crippen LogP contribution in [-0.4, -0.2) is 5.71 Å². The predicted octanol–water partition coefficient (Wildman–Crippen LogP) is 3.59. The highest BCUT2D eigenvalue weighted by Gasteiger charge is 2.05. The first-order valence-corrected chi connectivity index (χ1v) is 5.42. The summed E-state index contributed by atoms with van der Waals surface area (Å²) in [5.74, 6) is 0. The molecular formula is C13H19N. The summed E-state index contributed by atoms with van der Waals surface area (Å²) in [6.45, 7) is 6.36. The molecule has 0 aliphatic carbocycles. The molecule has 1 rings (SSSR count). The lowest BCUT2D eigenvalue weighted by atomic mass is 9.96. The highest BCUT2D eigenvalue weighted by atomic mass is 14.4. The maximum atomic E-state index is 7.85. The Kier molecular flexibility index (Phi) is 3.87. The van der Waals surface area contributed by atoms with Gasteiger partial charge in [0.05, 0.1) is 0 Å². The van der Waals surface area contributed by atoms with Crippen molar-refractivity contribution in [3.8, 4) is 0 Å². The first-order chi connectivity index (χ1) is 6.72. The molecular weight excluding hydrogens is 170 g/mol. The van der Waals surface area contributed by atoms with Gasteiger partial charge in [0.2, 0.25) is 0 Å². The fourth-order valence-corrected chi connectivity index (χ4v) is 1.64. The summed E-state index contributed by atoms with van der Waals surface area (Å²) in [6.07, 6.45) is 2.91. The zero-order valence-corrected chi connectivity index (χ0v) is 9.35. The second-order valence-electron chi connectivity index (χ2n) is 3.53. The molecule has 76 valence electrons. The molecule has 0 bridgehead atoms. The van der Waals surface area contributed by atoms with Gasteiger partial charge in [-0.1, -0.05) is 39.0 Å². The molecule has 1 nitrogen and oxygen atoms in total. The molecule has 0 unspecified atom stereocenters. The summed E-state index contributed by atoms with van der Waals surface area (Å²) in [6, 6.07) is 6.47. The number of rotatable bonds is 4. The second-order valence-corrected chi connectivity index (χ2v) is 3.53. The fourth-order valence-electron chi connectivity index (χ4n) is 1.64. The first-order valence-electron chi connectivity index (χ1n) is 5.42. The van der Waals surface area contributed by atoms with Gasteiger partial charge in [0, 0.05) is 5.71 Å². The lowest BCUT2D eigenvalue weighted by Gasteiger charge is -2.09. The summed E-state index contributed by atoms with van der Waals surface area (Å²) in [4.78, 5) is 0. The van der Waals surface area contributed by atoms with Crippen LogP contribution < -0.4 is 0 Å². The lowest BCUT2D eigenvalue weighted by molar-refractivity contribution is 1.07. The monoisotopic (exact) mass is 189 g/mol. The zero-order chi connectivity index (χ0) is 10.6. The Labute approximate surface area is 86.7 Å². The highest BCUT2D eigenvalue weighted by Crippen LogP contribution is 2.15. The highest BCUT2D eigenvalue weighted by molar-refractivity contribution is 5.99. The van der Waals surface area contributed by atoms with Crippen molar-refractivity contribution in [1.82, 2.24) is 0 Å². The Bertz CT molecular complexity index is 326. The van der Waals surface area contributed by atoms with Gasteiger partial charge in [-0.25, -0.2) is 0 Å². The Hall–Kier alpha value is -1.11. The second kappa shape index (κ2) is 4.94. The molecule has 1 heteroatoms. The van der Waals surface area contributed by atoms with E-state index in [1.165, 1.54) is 11.1 Å². The molecule has 1 aromatic rings. The topological polar surface area (TPSA) is 23.9 Å². The van der Waals surface area contributed by atoms with Crippen molar-refractivity contribution in [2.24, 2.45) is 0 Å². The van der Waals surface area contributed by atoms with Gasteiger partial charge in [0.25, 0.3) is 0 Å². The molecule has 0 spiro atoms. The smallest absolute Gasteiger partial charge is 0.0386 e. The van der Waals surface area contributed by atoms with Crippen molar-refractivity contribution in [3.05, 3.63) is 34.9 Å². The van der Waals surface area contributed by atoms with Gasteiger partial charge in [0.15, 0.2) is 0 Å². The first kappa shape index (κ1) is 11.0. The molecule has 1 aromatic carbocycles. The molecule has 0 amide bonds. The Morgan fingerprint density at radius 1 is 1.14 bits per heavy atom. The molecule has 0 saturated heterocycles. The molecule has 0 aliphatic rings. The van der Waals surface area contributed by atoms with E-state index in [0.29, 0.717) is 0 Å². The summed E-state index contributed by atoms with van der Waals surface area (Å²) in [5.41, 5.74) is 4.57. The van der Waals surface area contributed by atoms with E-state index in [4.69, 9.17) is 5.41 Å². The molecule has 0 fully saturated rings. The van der Waals surface area contributed by atoms with Crippen LogP contribution in [0, 0.1) is 5.41 Å². The number of nitrogens with one attached hydrogen (secondary N) is 1. The third kappa shape index (κ3) is 2.22. The van der Waals surface area contributed by atoms with E-state index in [-0.39, 0.29) is 0 Å². The third-order valence-corrected chi connectivity index (χ3v) is 2.64. The summed E-state index contributed by atoms with van der Waals surface area (Å²) in [7, 11) is 0. The van der Waals surface area contributed by atoms with Gasteiger partial charge < -0.3 is 5.41 Å². The van der Waals surface area contributed by atoms with Gasteiger partial charge in [-0.2, -0.15) is 0 Å². The van der Waals surface area contributed by atoms with Crippen LogP contribution in [0.4, 0.5) is 0 Å². The SMILES string of the molecule is CCC(=N)c1ccc(CC)cc1CC. The van der Waals surface area contributed by atoms with Crippen LogP contribution in [0.5, 0.6) is 0 Å². The maximum Gasteiger partial charge on any atom is 0.0386 e. The molecule has 0 radical (unpaired) electrons. The van der Waals surface area contributed by atoms with Crippen molar-refractivity contribution < 1.29 is 0 Å². The van der Waals surface area contributed by atoms with E-state index in [2.05, 4.69) is 32.0 Å². The van der Waals surface area contributed by atoms with E-state index in [1.54, 1.807) is 0 Å². The van der Waals surface area contributed by atoms with Crippen LogP contribution in [0.15, 0.2) is 18.2 Å². The van der Waals surface area contributed by atoms with E-state index >= 15 is 0 Å². The fraction of sp³-hybridized carbons (Fsp3) is 0.462. The lowest BCUT2D eigenvalue weighted by Crippen LogP contribution is -2.02. The predicted molar refractivity (Wildman–Crippen MR) is 62.3 cm³/mol. The average molecular weight is 189 g/mol. The maximum absolute atomic E-state index is 7.85. The quantitative estimate of drug-likeness (QED) is 0.700. The van der Waals surface area contributed by atoms with E-state index in [0.717, 1.165) is 30.5 Å². The van der Waals surface area contributed by atoms with Crippen LogP contribution in [0.25, 0.3) is 0 Å². The summed E-state index contributed by atoms with van der Waals surface area (Å²) >= 11 is 0. The summed E-state index contributed by atoms with van der Waals surface area (Å²) < 4.78 is 0. The van der Waals surface area contributed by atoms with Gasteiger partial charge in [0.1, 0.15) is 0 Å². The number of hydrogen-bond acceptors (Lipinski definition) is 1. The van der Waals surface area contributed by atoms with Crippen LogP contribution in [0.3, 0.4) is 0 Å². The van der Waals surface area contributed by atoms with E-state index < -0.39 is 0 Å². The third-order valence-electron chi connectivity index (χ3n) is 2.64. The molecule has 1 N–H and O–H groups in total. The van der Waals surface area contributed by atoms with Crippen molar-refractivity contribution in [1.29, 1.82) is 5.41 Å². The average Bonchev–Trinajstić information content (AvgIpc) is 2.27. The van der Waals surface area contributed by atoms with E-state index in [9.17, 15) is 0 Å². The van der Waals surface area contributed by atoms with Crippen LogP contribution >= 0.6 is 0 Å². The molecule has 14 heavy (non-hydrogen) atoms. The number of benzene rings is 1. The minimum Gasteiger partial charge on any atom is -0.305 e. The van der Waals surface area contributed by atoms with Gasteiger partial charge >= 0.3 is 0 Å². The van der Waals surface area contributed by atoms with Crippen molar-refractivity contribution in [2.45, 2.75) is 40.0 Å². The zero-order valence-electron chi connectivity index (χ0n) is 9.35. The molecule has 0 aliphatic heterocycles. The minimum atomic E-state index is 0.754. The Balaban J connectivity index is 3.11. The normalized spacial score (nSPS) is 10.2. The largest absolute Gasteiger partial charge is 0.305 e. The van der Waals surface area contributed by atoms with Crippen LogP contribution in [-0.2, 0) is 12.8 Å². The van der Waals surface area contributed by atoms with Gasteiger partial charge in [-0.05, 0) is 36.0 Å². The molecule has 0 heterocycles. The Morgan fingerprint density at radius 3 is 2.36 bits per heavy atom. The molecule has 0 aromatic heterocycles. The summed E-state index contributed by atoms with van der Waals surface area (Å²) in [5, 5.41) is 7.85. The molecule has 0 saturated carbocycles. The van der Waals surface area contributed by atoms with Gasteiger partial charge in [-0.3, -0.25) is 0 Å². The molecule has 0 atom stereocenters. The van der Waals surface area contributed by atoms with Crippen molar-refractivity contribution in [3.63, 3.8) is 0 Å². The van der Waals surface area contributed by atoms with Crippen molar-refractivity contribution in [2.75, 3.05) is 0 Å². The van der Waals surface area contributed by atoms with Crippen molar-refractivity contribution >= 4 is 5.71 Å². The Morgan fingerprint density at radius 2 is 1.86 bits per heavy atom. The van der Waals surface area contributed by atoms with E-state index in [1.807, 2.05) is 6.92 Å². The minimum absolute atomic E-state index is 0.754. The van der Waals surface area contributed by atoms with Gasteiger partial charge in [-0.15, -0.1) is 0 Å².